The molecule has 0 bridgehead atoms. The quantitative estimate of drug-likeness (QED) is 0.644. The van der Waals surface area contributed by atoms with Crippen molar-refractivity contribution in [2.45, 2.75) is 39.3 Å². The van der Waals surface area contributed by atoms with Crippen LogP contribution in [0.1, 0.15) is 25.5 Å². The van der Waals surface area contributed by atoms with Crippen LogP contribution in [0.25, 0.3) is 0 Å². The Labute approximate surface area is 105 Å². The number of aromatic nitrogens is 2. The molecule has 1 aliphatic heterocycles. The van der Waals surface area contributed by atoms with Crippen molar-refractivity contribution >= 4 is 11.5 Å². The number of aliphatic hydroxyl groups excluding tert-OH is 1. The van der Waals surface area contributed by atoms with E-state index in [0.29, 0.717) is 24.6 Å². The van der Waals surface area contributed by atoms with Crippen LogP contribution >= 0.6 is 0 Å². The van der Waals surface area contributed by atoms with Crippen LogP contribution in [0.15, 0.2) is 0 Å². The summed E-state index contributed by atoms with van der Waals surface area (Å²) in [6.45, 7) is 5.29. The molecule has 2 rings (SSSR count). The van der Waals surface area contributed by atoms with Crippen molar-refractivity contribution in [2.75, 3.05) is 18.0 Å². The molecule has 100 valence electrons. The molecular formula is C11H18N4O3. The number of aliphatic hydroxyl groups is 1. The molecule has 1 N–H and O–H groups in total. The number of nitro groups is 1. The maximum absolute atomic E-state index is 11.2. The van der Waals surface area contributed by atoms with Crippen LogP contribution < -0.4 is 4.90 Å². The monoisotopic (exact) mass is 254 g/mol. The number of nitrogens with zero attached hydrogens (tertiary/aromatic N) is 4. The molecular weight excluding hydrogens is 236 g/mol. The number of rotatable bonds is 3. The van der Waals surface area contributed by atoms with Gasteiger partial charge in [-0.1, -0.05) is 0 Å². The Balaban J connectivity index is 2.43. The van der Waals surface area contributed by atoms with Gasteiger partial charge in [-0.3, -0.25) is 10.1 Å². The van der Waals surface area contributed by atoms with Crippen LogP contribution in [0.3, 0.4) is 0 Å². The second-order valence-electron chi connectivity index (χ2n) is 4.57. The molecule has 18 heavy (non-hydrogen) atoms. The molecule has 1 fully saturated rings. The van der Waals surface area contributed by atoms with Crippen LogP contribution in [-0.4, -0.2) is 39.0 Å². The fourth-order valence-corrected chi connectivity index (χ4v) is 2.45. The van der Waals surface area contributed by atoms with Gasteiger partial charge in [-0.15, -0.1) is 0 Å². The molecule has 1 aliphatic rings. The lowest BCUT2D eigenvalue weighted by molar-refractivity contribution is -0.384. The molecule has 1 aromatic heterocycles. The van der Waals surface area contributed by atoms with Gasteiger partial charge in [-0.25, -0.2) is 4.68 Å². The van der Waals surface area contributed by atoms with E-state index in [1.165, 1.54) is 0 Å². The Kier molecular flexibility index (Phi) is 3.51. The van der Waals surface area contributed by atoms with Gasteiger partial charge in [0.15, 0.2) is 0 Å². The minimum absolute atomic E-state index is 0.0611. The molecule has 7 nitrogen and oxygen atoms in total. The zero-order valence-corrected chi connectivity index (χ0v) is 10.7. The Morgan fingerprint density at radius 3 is 2.89 bits per heavy atom. The number of aryl methyl sites for hydroxylation is 2. The first kappa shape index (κ1) is 12.8. The highest BCUT2D eigenvalue weighted by molar-refractivity contribution is 5.61. The second-order valence-corrected chi connectivity index (χ2v) is 4.57. The molecule has 0 radical (unpaired) electrons. The van der Waals surface area contributed by atoms with E-state index in [0.717, 1.165) is 19.4 Å². The molecule has 0 saturated carbocycles. The topological polar surface area (TPSA) is 84.4 Å². The summed E-state index contributed by atoms with van der Waals surface area (Å²) < 4.78 is 1.64. The summed E-state index contributed by atoms with van der Waals surface area (Å²) >= 11 is 0. The summed E-state index contributed by atoms with van der Waals surface area (Å²) in [5.74, 6) is 0.527. The lowest BCUT2D eigenvalue weighted by atomic mass is 10.1. The number of hydrogen-bond donors (Lipinski definition) is 1. The maximum atomic E-state index is 11.2. The van der Waals surface area contributed by atoms with Crippen molar-refractivity contribution in [3.05, 3.63) is 15.8 Å². The van der Waals surface area contributed by atoms with Crippen molar-refractivity contribution in [2.24, 2.45) is 0 Å². The Bertz CT molecular complexity index is 457. The Morgan fingerprint density at radius 1 is 1.61 bits per heavy atom. The minimum Gasteiger partial charge on any atom is -0.391 e. The van der Waals surface area contributed by atoms with E-state index in [1.807, 2.05) is 11.8 Å². The van der Waals surface area contributed by atoms with Crippen LogP contribution in [-0.2, 0) is 6.54 Å². The van der Waals surface area contributed by atoms with Crippen LogP contribution in [0.5, 0.6) is 0 Å². The number of piperidine rings is 1. The Hall–Kier alpha value is -1.63. The van der Waals surface area contributed by atoms with Crippen LogP contribution in [0.4, 0.5) is 11.5 Å². The van der Waals surface area contributed by atoms with Crippen molar-refractivity contribution in [3.8, 4) is 0 Å². The third-order valence-electron chi connectivity index (χ3n) is 3.25. The minimum atomic E-state index is -0.418. The van der Waals surface area contributed by atoms with Gasteiger partial charge in [0.05, 0.1) is 11.0 Å². The normalized spacial score (nSPS) is 20.2. The molecule has 1 saturated heterocycles. The predicted octanol–water partition coefficient (Wildman–Crippen LogP) is 1.08. The van der Waals surface area contributed by atoms with Gasteiger partial charge in [0, 0.05) is 19.6 Å². The second kappa shape index (κ2) is 4.93. The van der Waals surface area contributed by atoms with E-state index >= 15 is 0 Å². The lowest BCUT2D eigenvalue weighted by Gasteiger charge is -2.31. The molecule has 0 aliphatic carbocycles. The van der Waals surface area contributed by atoms with Gasteiger partial charge in [0.1, 0.15) is 5.69 Å². The first-order chi connectivity index (χ1) is 8.54. The first-order valence-corrected chi connectivity index (χ1v) is 6.19. The van der Waals surface area contributed by atoms with E-state index in [9.17, 15) is 15.2 Å². The molecule has 0 aromatic carbocycles. The van der Waals surface area contributed by atoms with E-state index in [1.54, 1.807) is 11.6 Å². The van der Waals surface area contributed by atoms with Gasteiger partial charge in [0.2, 0.25) is 5.82 Å². The van der Waals surface area contributed by atoms with Crippen molar-refractivity contribution in [1.82, 2.24) is 9.78 Å². The summed E-state index contributed by atoms with van der Waals surface area (Å²) in [5.41, 5.74) is 0.489. The van der Waals surface area contributed by atoms with Crippen LogP contribution in [0, 0.1) is 17.0 Å². The molecule has 0 spiro atoms. The van der Waals surface area contributed by atoms with E-state index < -0.39 is 6.10 Å². The largest absolute Gasteiger partial charge is 0.391 e. The Morgan fingerprint density at radius 2 is 2.33 bits per heavy atom. The van der Waals surface area contributed by atoms with Crippen molar-refractivity contribution in [1.29, 1.82) is 0 Å². The van der Waals surface area contributed by atoms with Crippen LogP contribution in [0.2, 0.25) is 0 Å². The molecule has 1 atom stereocenters. The standard InChI is InChI=1S/C11H18N4O3/c1-3-14-11(10(15(17)18)8(2)12-14)13-6-4-5-9(16)7-13/h9,16H,3-7H2,1-2H3/t9-/m0/s1. The fraction of sp³-hybridized carbons (Fsp3) is 0.727. The summed E-state index contributed by atoms with van der Waals surface area (Å²) in [6.07, 6.45) is 1.18. The van der Waals surface area contributed by atoms with Gasteiger partial charge < -0.3 is 10.0 Å². The van der Waals surface area contributed by atoms with Crippen molar-refractivity contribution in [3.63, 3.8) is 0 Å². The van der Waals surface area contributed by atoms with Crippen molar-refractivity contribution < 1.29 is 10.0 Å². The molecule has 0 amide bonds. The summed E-state index contributed by atoms with van der Waals surface area (Å²) in [7, 11) is 0. The van der Waals surface area contributed by atoms with Gasteiger partial charge in [-0.2, -0.15) is 5.10 Å². The number of β-amino-alcohol motifs (C(OH)–C–C–N with tert-alkyl or cyclic N) is 1. The number of hydrogen-bond acceptors (Lipinski definition) is 5. The van der Waals surface area contributed by atoms with Gasteiger partial charge in [-0.05, 0) is 26.7 Å². The highest BCUT2D eigenvalue weighted by Gasteiger charge is 2.31. The fourth-order valence-electron chi connectivity index (χ4n) is 2.45. The SMILES string of the molecule is CCn1nc(C)c([N+](=O)[O-])c1N1CCC[C@H](O)C1. The third-order valence-corrected chi connectivity index (χ3v) is 3.25. The first-order valence-electron chi connectivity index (χ1n) is 6.19. The summed E-state index contributed by atoms with van der Waals surface area (Å²) in [5, 5.41) is 25.1. The molecule has 2 heterocycles. The molecule has 1 aromatic rings. The average molecular weight is 254 g/mol. The lowest BCUT2D eigenvalue weighted by Crippen LogP contribution is -2.39. The molecule has 7 heteroatoms. The third kappa shape index (κ3) is 2.17. The smallest absolute Gasteiger partial charge is 0.333 e. The van der Waals surface area contributed by atoms with Gasteiger partial charge in [0.25, 0.3) is 0 Å². The zero-order chi connectivity index (χ0) is 13.3. The van der Waals surface area contributed by atoms with E-state index in [-0.39, 0.29) is 10.6 Å². The molecule has 0 unspecified atom stereocenters. The zero-order valence-electron chi connectivity index (χ0n) is 10.7. The highest BCUT2D eigenvalue weighted by Crippen LogP contribution is 2.33. The summed E-state index contributed by atoms with van der Waals surface area (Å²) in [6, 6.07) is 0. The number of anilines is 1. The highest BCUT2D eigenvalue weighted by atomic mass is 16.6. The summed E-state index contributed by atoms with van der Waals surface area (Å²) in [4.78, 5) is 12.6. The van der Waals surface area contributed by atoms with E-state index in [2.05, 4.69) is 5.10 Å². The predicted molar refractivity (Wildman–Crippen MR) is 66.7 cm³/mol. The average Bonchev–Trinajstić information content (AvgIpc) is 2.66. The maximum Gasteiger partial charge on any atom is 0.333 e. The van der Waals surface area contributed by atoms with E-state index in [4.69, 9.17) is 0 Å². The van der Waals surface area contributed by atoms with Gasteiger partial charge >= 0.3 is 5.69 Å².